The second-order valence-corrected chi connectivity index (χ2v) is 7.31. The summed E-state index contributed by atoms with van der Waals surface area (Å²) < 4.78 is 15.1. The van der Waals surface area contributed by atoms with Crippen LogP contribution < -0.4 is 5.32 Å². The third-order valence-corrected chi connectivity index (χ3v) is 5.15. The number of aromatic nitrogens is 4. The first kappa shape index (κ1) is 18.4. The Morgan fingerprint density at radius 3 is 2.57 bits per heavy atom. The number of nitrogens with one attached hydrogen (secondary N) is 1. The van der Waals surface area contributed by atoms with Gasteiger partial charge in [-0.1, -0.05) is 49.0 Å². The lowest BCUT2D eigenvalue weighted by Crippen LogP contribution is -2.03. The molecule has 28 heavy (non-hydrogen) atoms. The van der Waals surface area contributed by atoms with Crippen LogP contribution in [0.4, 0.5) is 15.9 Å². The van der Waals surface area contributed by atoms with Crippen LogP contribution in [0.3, 0.4) is 0 Å². The van der Waals surface area contributed by atoms with Crippen LogP contribution >= 0.6 is 11.8 Å². The van der Waals surface area contributed by atoms with Crippen molar-refractivity contribution in [1.29, 1.82) is 0 Å². The van der Waals surface area contributed by atoms with Gasteiger partial charge in [-0.15, -0.1) is 0 Å². The Bertz CT molecular complexity index is 1060. The van der Waals surface area contributed by atoms with Gasteiger partial charge in [-0.2, -0.15) is 5.10 Å². The number of hydrogen-bond donors (Lipinski definition) is 1. The van der Waals surface area contributed by atoms with E-state index in [-0.39, 0.29) is 5.82 Å². The molecule has 7 heteroatoms. The van der Waals surface area contributed by atoms with Crippen LogP contribution in [0.15, 0.2) is 66.0 Å². The average Bonchev–Trinajstić information content (AvgIpc) is 3.12. The number of benzene rings is 2. The Labute approximate surface area is 167 Å². The maximum atomic E-state index is 13.2. The molecule has 0 unspecified atom stereocenters. The summed E-state index contributed by atoms with van der Waals surface area (Å²) in [6, 6.07) is 16.5. The van der Waals surface area contributed by atoms with Crippen LogP contribution in [0.25, 0.3) is 11.0 Å². The van der Waals surface area contributed by atoms with Gasteiger partial charge in [0.15, 0.2) is 10.8 Å². The SMILES string of the molecule is CCCn1ncc2c(Nc3ccc(F)cc3)nc(SCc3ccccc3)nc21. The highest BCUT2D eigenvalue weighted by atomic mass is 32.2. The van der Waals surface area contributed by atoms with Crippen molar-refractivity contribution in [3.63, 3.8) is 0 Å². The van der Waals surface area contributed by atoms with Crippen LogP contribution in [0.2, 0.25) is 0 Å². The molecule has 142 valence electrons. The molecule has 0 saturated heterocycles. The van der Waals surface area contributed by atoms with E-state index in [9.17, 15) is 4.39 Å². The summed E-state index contributed by atoms with van der Waals surface area (Å²) in [4.78, 5) is 9.44. The summed E-state index contributed by atoms with van der Waals surface area (Å²) in [7, 11) is 0. The van der Waals surface area contributed by atoms with Crippen molar-refractivity contribution in [2.75, 3.05) is 5.32 Å². The molecule has 4 rings (SSSR count). The van der Waals surface area contributed by atoms with E-state index in [0.717, 1.165) is 35.4 Å². The van der Waals surface area contributed by atoms with Crippen LogP contribution in [-0.4, -0.2) is 19.7 Å². The van der Waals surface area contributed by atoms with E-state index in [4.69, 9.17) is 9.97 Å². The molecule has 4 aromatic rings. The maximum Gasteiger partial charge on any atom is 0.191 e. The molecule has 0 atom stereocenters. The molecule has 0 spiro atoms. The zero-order valence-corrected chi connectivity index (χ0v) is 16.3. The summed E-state index contributed by atoms with van der Waals surface area (Å²) in [5.74, 6) is 1.19. The maximum absolute atomic E-state index is 13.2. The van der Waals surface area contributed by atoms with Gasteiger partial charge < -0.3 is 5.32 Å². The van der Waals surface area contributed by atoms with Crippen molar-refractivity contribution in [1.82, 2.24) is 19.7 Å². The normalized spacial score (nSPS) is 11.1. The number of thioether (sulfide) groups is 1. The van der Waals surface area contributed by atoms with Gasteiger partial charge in [-0.3, -0.25) is 0 Å². The molecule has 0 aliphatic carbocycles. The van der Waals surface area contributed by atoms with Gasteiger partial charge in [0, 0.05) is 18.0 Å². The third kappa shape index (κ3) is 4.14. The number of nitrogens with zero attached hydrogens (tertiary/aromatic N) is 4. The molecule has 0 fully saturated rings. The Morgan fingerprint density at radius 2 is 1.82 bits per heavy atom. The highest BCUT2D eigenvalue weighted by Gasteiger charge is 2.14. The number of aryl methyl sites for hydroxylation is 1. The summed E-state index contributed by atoms with van der Waals surface area (Å²) in [6.45, 7) is 2.90. The van der Waals surface area contributed by atoms with Gasteiger partial charge in [-0.25, -0.2) is 19.0 Å². The molecular weight excluding hydrogens is 373 g/mol. The minimum atomic E-state index is -0.270. The Balaban J connectivity index is 1.68. The minimum Gasteiger partial charge on any atom is -0.339 e. The summed E-state index contributed by atoms with van der Waals surface area (Å²) in [5, 5.41) is 9.28. The first-order chi connectivity index (χ1) is 13.7. The van der Waals surface area contributed by atoms with Crippen molar-refractivity contribution < 1.29 is 4.39 Å². The molecule has 0 amide bonds. The predicted octanol–water partition coefficient (Wildman–Crippen LogP) is 5.41. The number of anilines is 2. The second kappa shape index (κ2) is 8.39. The molecule has 0 aliphatic heterocycles. The van der Waals surface area contributed by atoms with Gasteiger partial charge in [0.25, 0.3) is 0 Å². The molecule has 2 aromatic heterocycles. The first-order valence-corrected chi connectivity index (χ1v) is 10.1. The Kier molecular flexibility index (Phi) is 5.53. The number of rotatable bonds is 7. The standard InChI is InChI=1S/C21H20FN5S/c1-2-12-27-20-18(13-23-27)19(24-17-10-8-16(22)9-11-17)25-21(26-20)28-14-15-6-4-3-5-7-15/h3-11,13H,2,12,14H2,1H3,(H,24,25,26). The van der Waals surface area contributed by atoms with Gasteiger partial charge in [-0.05, 0) is 36.2 Å². The Hall–Kier alpha value is -2.93. The van der Waals surface area contributed by atoms with Crippen LogP contribution in [0.5, 0.6) is 0 Å². The van der Waals surface area contributed by atoms with Crippen molar-refractivity contribution >= 4 is 34.3 Å². The predicted molar refractivity (Wildman–Crippen MR) is 111 cm³/mol. The Morgan fingerprint density at radius 1 is 1.04 bits per heavy atom. The highest BCUT2D eigenvalue weighted by molar-refractivity contribution is 7.98. The molecule has 2 heterocycles. The van der Waals surface area contributed by atoms with E-state index in [1.54, 1.807) is 30.1 Å². The van der Waals surface area contributed by atoms with Gasteiger partial charge in [0.05, 0.1) is 11.6 Å². The summed E-state index contributed by atoms with van der Waals surface area (Å²) >= 11 is 1.58. The number of halogens is 1. The van der Waals surface area contributed by atoms with Gasteiger partial charge in [0.1, 0.15) is 11.6 Å². The fourth-order valence-electron chi connectivity index (χ4n) is 2.86. The second-order valence-electron chi connectivity index (χ2n) is 6.37. The zero-order valence-electron chi connectivity index (χ0n) is 15.5. The van der Waals surface area contributed by atoms with E-state index in [0.29, 0.717) is 11.0 Å². The van der Waals surface area contributed by atoms with Crippen molar-refractivity contribution in [2.45, 2.75) is 30.8 Å². The number of hydrogen-bond acceptors (Lipinski definition) is 5. The summed E-state index contributed by atoms with van der Waals surface area (Å²) in [5.41, 5.74) is 2.78. The molecule has 0 bridgehead atoms. The molecule has 5 nitrogen and oxygen atoms in total. The molecule has 0 saturated carbocycles. The molecule has 2 aromatic carbocycles. The third-order valence-electron chi connectivity index (χ3n) is 4.23. The molecule has 0 radical (unpaired) electrons. The lowest BCUT2D eigenvalue weighted by atomic mass is 10.2. The zero-order chi connectivity index (χ0) is 19.3. The van der Waals surface area contributed by atoms with E-state index in [1.807, 2.05) is 22.9 Å². The smallest absolute Gasteiger partial charge is 0.191 e. The molecule has 1 N–H and O–H groups in total. The quantitative estimate of drug-likeness (QED) is 0.336. The van der Waals surface area contributed by atoms with Crippen molar-refractivity contribution in [3.8, 4) is 0 Å². The largest absolute Gasteiger partial charge is 0.339 e. The average molecular weight is 393 g/mol. The van der Waals surface area contributed by atoms with Crippen LogP contribution in [-0.2, 0) is 12.3 Å². The minimum absolute atomic E-state index is 0.270. The lowest BCUT2D eigenvalue weighted by Gasteiger charge is -2.10. The van der Waals surface area contributed by atoms with Crippen LogP contribution in [0, 0.1) is 5.82 Å². The van der Waals surface area contributed by atoms with Crippen molar-refractivity contribution in [3.05, 3.63) is 72.2 Å². The lowest BCUT2D eigenvalue weighted by molar-refractivity contribution is 0.615. The van der Waals surface area contributed by atoms with E-state index in [2.05, 4.69) is 29.5 Å². The first-order valence-electron chi connectivity index (χ1n) is 9.16. The van der Waals surface area contributed by atoms with Crippen LogP contribution in [0.1, 0.15) is 18.9 Å². The van der Waals surface area contributed by atoms with E-state index >= 15 is 0 Å². The molecule has 0 aliphatic rings. The topological polar surface area (TPSA) is 55.6 Å². The van der Waals surface area contributed by atoms with Crippen molar-refractivity contribution in [2.24, 2.45) is 0 Å². The van der Waals surface area contributed by atoms with Gasteiger partial charge >= 0.3 is 0 Å². The monoisotopic (exact) mass is 393 g/mol. The fraction of sp³-hybridized carbons (Fsp3) is 0.190. The summed E-state index contributed by atoms with van der Waals surface area (Å²) in [6.07, 6.45) is 2.75. The highest BCUT2D eigenvalue weighted by Crippen LogP contribution is 2.28. The van der Waals surface area contributed by atoms with E-state index in [1.165, 1.54) is 17.7 Å². The fourth-order valence-corrected chi connectivity index (χ4v) is 3.66. The van der Waals surface area contributed by atoms with E-state index < -0.39 is 0 Å². The van der Waals surface area contributed by atoms with Gasteiger partial charge in [0.2, 0.25) is 0 Å². The number of fused-ring (bicyclic) bond motifs is 1. The molecular formula is C21H20FN5S.